The first-order valence-electron chi connectivity index (χ1n) is 6.65. The van der Waals surface area contributed by atoms with Crippen molar-refractivity contribution in [1.82, 2.24) is 24.1 Å². The van der Waals surface area contributed by atoms with Gasteiger partial charge in [0.15, 0.2) is 5.65 Å². The topological polar surface area (TPSA) is 57.8 Å². The zero-order chi connectivity index (χ0) is 14.8. The molecular weight excluding hydrogens is 290 g/mol. The summed E-state index contributed by atoms with van der Waals surface area (Å²) in [7, 11) is 3.57. The Morgan fingerprint density at radius 1 is 1.24 bits per heavy atom. The first-order chi connectivity index (χ1) is 10.2. The second-order valence-corrected chi connectivity index (χ2v) is 5.08. The van der Waals surface area contributed by atoms with E-state index in [4.69, 9.17) is 16.3 Å². The second kappa shape index (κ2) is 5.73. The van der Waals surface area contributed by atoms with Gasteiger partial charge in [0.2, 0.25) is 5.88 Å². The van der Waals surface area contributed by atoms with Crippen molar-refractivity contribution in [2.45, 2.75) is 13.0 Å². The minimum absolute atomic E-state index is 0.515. The van der Waals surface area contributed by atoms with Crippen LogP contribution in [-0.4, -0.2) is 37.1 Å². The summed E-state index contributed by atoms with van der Waals surface area (Å²) < 4.78 is 9.23. The van der Waals surface area contributed by atoms with Gasteiger partial charge >= 0.3 is 0 Å². The maximum absolute atomic E-state index is 5.89. The highest BCUT2D eigenvalue weighted by Crippen LogP contribution is 2.19. The van der Waals surface area contributed by atoms with Crippen LogP contribution in [0.2, 0.25) is 0 Å². The normalized spacial score (nSPS) is 11.2. The SMILES string of the molecule is COc1ccc2nc(CCCl)n(Cc3nccn3C)c2n1. The fraction of sp³-hybridized carbons (Fsp3) is 0.357. The standard InChI is InChI=1S/C14H16ClN5O/c1-19-8-7-16-12(19)9-20-11(5-6-15)17-10-3-4-13(21-2)18-14(10)20/h3-4,7-8H,5-6,9H2,1-2H3. The van der Waals surface area contributed by atoms with Crippen LogP contribution in [0.4, 0.5) is 0 Å². The maximum atomic E-state index is 5.89. The molecule has 0 bridgehead atoms. The largest absolute Gasteiger partial charge is 0.481 e. The molecule has 0 saturated carbocycles. The predicted octanol–water partition coefficient (Wildman–Crippen LogP) is 2.00. The molecule has 7 heteroatoms. The van der Waals surface area contributed by atoms with Crippen LogP contribution in [-0.2, 0) is 20.0 Å². The van der Waals surface area contributed by atoms with Crippen molar-refractivity contribution in [1.29, 1.82) is 0 Å². The average Bonchev–Trinajstić information content (AvgIpc) is 3.04. The molecule has 0 aliphatic heterocycles. The van der Waals surface area contributed by atoms with Crippen molar-refractivity contribution in [3.05, 3.63) is 36.2 Å². The van der Waals surface area contributed by atoms with Crippen molar-refractivity contribution in [3.63, 3.8) is 0 Å². The number of nitrogens with zero attached hydrogens (tertiary/aromatic N) is 5. The number of hydrogen-bond acceptors (Lipinski definition) is 4. The Kier molecular flexibility index (Phi) is 3.79. The molecule has 0 aliphatic carbocycles. The molecule has 3 heterocycles. The van der Waals surface area contributed by atoms with Crippen LogP contribution in [0.15, 0.2) is 24.5 Å². The number of hydrogen-bond donors (Lipinski definition) is 0. The molecule has 3 aromatic rings. The number of rotatable bonds is 5. The Morgan fingerprint density at radius 3 is 2.76 bits per heavy atom. The molecule has 0 unspecified atom stereocenters. The van der Waals surface area contributed by atoms with Gasteiger partial charge in [-0.2, -0.15) is 4.98 Å². The predicted molar refractivity (Wildman–Crippen MR) is 80.8 cm³/mol. The van der Waals surface area contributed by atoms with Crippen molar-refractivity contribution >= 4 is 22.8 Å². The van der Waals surface area contributed by atoms with Gasteiger partial charge in [0.25, 0.3) is 0 Å². The Balaban J connectivity index is 2.12. The summed E-state index contributed by atoms with van der Waals surface area (Å²) in [4.78, 5) is 13.5. The van der Waals surface area contributed by atoms with Crippen LogP contribution in [0.5, 0.6) is 5.88 Å². The first-order valence-corrected chi connectivity index (χ1v) is 7.18. The van der Waals surface area contributed by atoms with Gasteiger partial charge < -0.3 is 13.9 Å². The zero-order valence-corrected chi connectivity index (χ0v) is 12.7. The summed E-state index contributed by atoms with van der Waals surface area (Å²) in [6.07, 6.45) is 4.39. The second-order valence-electron chi connectivity index (χ2n) is 4.70. The van der Waals surface area contributed by atoms with Gasteiger partial charge in [0.1, 0.15) is 17.2 Å². The van der Waals surface area contributed by atoms with Gasteiger partial charge in [0.05, 0.1) is 13.7 Å². The summed E-state index contributed by atoms with van der Waals surface area (Å²) in [5.74, 6) is 2.93. The number of ether oxygens (including phenoxy) is 1. The molecule has 3 rings (SSSR count). The lowest BCUT2D eigenvalue weighted by molar-refractivity contribution is 0.399. The number of halogens is 1. The highest BCUT2D eigenvalue weighted by atomic mass is 35.5. The molecule has 0 saturated heterocycles. The van der Waals surface area contributed by atoms with Crippen LogP contribution in [0.3, 0.4) is 0 Å². The molecule has 6 nitrogen and oxygen atoms in total. The summed E-state index contributed by atoms with van der Waals surface area (Å²) in [6.45, 7) is 0.604. The molecule has 0 aliphatic rings. The van der Waals surface area contributed by atoms with Crippen LogP contribution in [0.1, 0.15) is 11.6 Å². The van der Waals surface area contributed by atoms with Crippen molar-refractivity contribution in [2.24, 2.45) is 7.05 Å². The molecular formula is C14H16ClN5O. The van der Waals surface area contributed by atoms with Gasteiger partial charge in [-0.15, -0.1) is 11.6 Å². The highest BCUT2D eigenvalue weighted by Gasteiger charge is 2.14. The summed E-state index contributed by atoms with van der Waals surface area (Å²) in [5, 5.41) is 0. The summed E-state index contributed by atoms with van der Waals surface area (Å²) >= 11 is 5.89. The van der Waals surface area contributed by atoms with Crippen LogP contribution in [0, 0.1) is 0 Å². The molecule has 110 valence electrons. The number of fused-ring (bicyclic) bond motifs is 1. The van der Waals surface area contributed by atoms with Gasteiger partial charge in [-0.25, -0.2) is 9.97 Å². The highest BCUT2D eigenvalue weighted by molar-refractivity contribution is 6.17. The lowest BCUT2D eigenvalue weighted by atomic mass is 10.4. The molecule has 0 amide bonds. The minimum Gasteiger partial charge on any atom is -0.481 e. The maximum Gasteiger partial charge on any atom is 0.215 e. The van der Waals surface area contributed by atoms with E-state index in [-0.39, 0.29) is 0 Å². The third kappa shape index (κ3) is 2.58. The minimum atomic E-state index is 0.515. The van der Waals surface area contributed by atoms with Crippen molar-refractivity contribution < 1.29 is 4.74 Å². The van der Waals surface area contributed by atoms with Crippen LogP contribution < -0.4 is 4.74 Å². The van der Waals surface area contributed by atoms with Gasteiger partial charge in [-0.05, 0) is 6.07 Å². The fourth-order valence-electron chi connectivity index (χ4n) is 2.28. The molecule has 0 N–H and O–H groups in total. The van der Waals surface area contributed by atoms with E-state index >= 15 is 0 Å². The summed E-state index contributed by atoms with van der Waals surface area (Å²) in [5.41, 5.74) is 1.63. The number of alkyl halides is 1. The Hall–Kier alpha value is -2.08. The number of imidazole rings is 2. The molecule has 0 aromatic carbocycles. The average molecular weight is 306 g/mol. The third-order valence-corrected chi connectivity index (χ3v) is 3.58. The van der Waals surface area contributed by atoms with E-state index < -0.39 is 0 Å². The number of aryl methyl sites for hydroxylation is 2. The third-order valence-electron chi connectivity index (χ3n) is 3.39. The molecule has 3 aromatic heterocycles. The van der Waals surface area contributed by atoms with Gasteiger partial charge in [-0.3, -0.25) is 0 Å². The van der Waals surface area contributed by atoms with E-state index in [0.29, 0.717) is 24.7 Å². The Labute approximate surface area is 127 Å². The molecule has 0 fully saturated rings. The number of aromatic nitrogens is 5. The quantitative estimate of drug-likeness (QED) is 0.677. The first kappa shape index (κ1) is 13.9. The van der Waals surface area contributed by atoms with Crippen LogP contribution >= 0.6 is 11.6 Å². The van der Waals surface area contributed by atoms with Crippen LogP contribution in [0.25, 0.3) is 11.2 Å². The summed E-state index contributed by atoms with van der Waals surface area (Å²) in [6, 6.07) is 3.72. The monoisotopic (exact) mass is 305 g/mol. The lowest BCUT2D eigenvalue weighted by Crippen LogP contribution is -2.10. The Bertz CT molecular complexity index is 764. The Morgan fingerprint density at radius 2 is 2.10 bits per heavy atom. The van der Waals surface area contributed by atoms with E-state index in [0.717, 1.165) is 22.8 Å². The molecule has 21 heavy (non-hydrogen) atoms. The van der Waals surface area contributed by atoms with E-state index in [1.165, 1.54) is 0 Å². The fourth-order valence-corrected chi connectivity index (χ4v) is 2.45. The van der Waals surface area contributed by atoms with Crippen molar-refractivity contribution in [2.75, 3.05) is 13.0 Å². The molecule has 0 radical (unpaired) electrons. The van der Waals surface area contributed by atoms with Gasteiger partial charge in [0, 0.05) is 37.8 Å². The van der Waals surface area contributed by atoms with Gasteiger partial charge in [-0.1, -0.05) is 0 Å². The zero-order valence-electron chi connectivity index (χ0n) is 12.0. The number of pyridine rings is 1. The van der Waals surface area contributed by atoms with E-state index in [1.807, 2.05) is 34.5 Å². The molecule has 0 spiro atoms. The molecule has 0 atom stereocenters. The van der Waals surface area contributed by atoms with E-state index in [1.54, 1.807) is 13.3 Å². The lowest BCUT2D eigenvalue weighted by Gasteiger charge is -2.08. The van der Waals surface area contributed by atoms with E-state index in [9.17, 15) is 0 Å². The van der Waals surface area contributed by atoms with E-state index in [2.05, 4.69) is 15.0 Å². The smallest absolute Gasteiger partial charge is 0.215 e. The number of methoxy groups -OCH3 is 1. The van der Waals surface area contributed by atoms with Crippen molar-refractivity contribution in [3.8, 4) is 5.88 Å².